The Labute approximate surface area is 143 Å². The van der Waals surface area contributed by atoms with E-state index in [1.54, 1.807) is 48.5 Å². The lowest BCUT2D eigenvalue weighted by molar-refractivity contribution is -0.135. The van der Waals surface area contributed by atoms with E-state index in [9.17, 15) is 4.79 Å². The van der Waals surface area contributed by atoms with E-state index >= 15 is 0 Å². The molecule has 0 unspecified atom stereocenters. The molecule has 23 heavy (non-hydrogen) atoms. The number of halogens is 2. The first-order valence-corrected chi connectivity index (χ1v) is 7.22. The molecular weight excluding hydrogens is 337 g/mol. The van der Waals surface area contributed by atoms with Crippen molar-refractivity contribution in [3.8, 4) is 17.6 Å². The number of hydrogen-bond acceptors (Lipinski definition) is 4. The van der Waals surface area contributed by atoms with E-state index in [1.165, 1.54) is 13.2 Å². The van der Waals surface area contributed by atoms with Crippen LogP contribution >= 0.6 is 23.2 Å². The van der Waals surface area contributed by atoms with Gasteiger partial charge in [-0.25, -0.2) is 4.79 Å². The van der Waals surface area contributed by atoms with E-state index in [0.29, 0.717) is 27.1 Å². The molecule has 0 heterocycles. The molecule has 0 saturated carbocycles. The monoisotopic (exact) mass is 347 g/mol. The smallest absolute Gasteiger partial charge is 0.348 e. The van der Waals surface area contributed by atoms with Gasteiger partial charge in [-0.2, -0.15) is 5.26 Å². The van der Waals surface area contributed by atoms with Gasteiger partial charge in [-0.05, 0) is 42.0 Å². The standard InChI is InChI=1S/C17H11Cl2NO3/c1-22-17(21)12(10-20)7-11-3-2-4-14(8-11)23-16-6-5-13(18)9-15(16)19/h2-9H,1H3/b12-7+. The largest absolute Gasteiger partial charge is 0.465 e. The van der Waals surface area contributed by atoms with Crippen LogP contribution in [0, 0.1) is 11.3 Å². The van der Waals surface area contributed by atoms with Crippen LogP contribution in [0.3, 0.4) is 0 Å². The molecule has 2 aromatic rings. The number of carbonyl (C=O) groups is 1. The van der Waals surface area contributed by atoms with Crippen molar-refractivity contribution in [3.05, 3.63) is 63.6 Å². The Balaban J connectivity index is 2.28. The molecule has 0 saturated heterocycles. The summed E-state index contributed by atoms with van der Waals surface area (Å²) in [5.41, 5.74) is 0.517. The van der Waals surface area contributed by atoms with Gasteiger partial charge < -0.3 is 9.47 Å². The van der Waals surface area contributed by atoms with Crippen molar-refractivity contribution in [1.29, 1.82) is 5.26 Å². The minimum absolute atomic E-state index is 0.103. The Kier molecular flexibility index (Phi) is 5.64. The summed E-state index contributed by atoms with van der Waals surface area (Å²) < 4.78 is 10.2. The van der Waals surface area contributed by atoms with Crippen molar-refractivity contribution in [1.82, 2.24) is 0 Å². The van der Waals surface area contributed by atoms with Crippen LogP contribution in [0.1, 0.15) is 5.56 Å². The molecule has 116 valence electrons. The highest BCUT2D eigenvalue weighted by Gasteiger charge is 2.09. The third-order valence-corrected chi connectivity index (χ3v) is 3.35. The van der Waals surface area contributed by atoms with E-state index in [1.807, 2.05) is 0 Å². The van der Waals surface area contributed by atoms with Gasteiger partial charge in [-0.15, -0.1) is 0 Å². The summed E-state index contributed by atoms with van der Waals surface area (Å²) in [5, 5.41) is 9.87. The van der Waals surface area contributed by atoms with Crippen LogP contribution in [0.15, 0.2) is 48.0 Å². The quantitative estimate of drug-likeness (QED) is 0.450. The maximum Gasteiger partial charge on any atom is 0.348 e. The molecule has 0 atom stereocenters. The van der Waals surface area contributed by atoms with Crippen molar-refractivity contribution in [2.24, 2.45) is 0 Å². The fourth-order valence-electron chi connectivity index (χ4n) is 1.77. The SMILES string of the molecule is COC(=O)/C(C#N)=C/c1cccc(Oc2ccc(Cl)cc2Cl)c1. The van der Waals surface area contributed by atoms with Crippen LogP contribution in [-0.4, -0.2) is 13.1 Å². The summed E-state index contributed by atoms with van der Waals surface area (Å²) >= 11 is 11.9. The van der Waals surface area contributed by atoms with Crippen LogP contribution in [0.2, 0.25) is 10.0 Å². The summed E-state index contributed by atoms with van der Waals surface area (Å²) in [4.78, 5) is 11.4. The van der Waals surface area contributed by atoms with Gasteiger partial charge >= 0.3 is 5.97 Å². The number of carbonyl (C=O) groups excluding carboxylic acids is 1. The van der Waals surface area contributed by atoms with Gasteiger partial charge in [0.1, 0.15) is 23.1 Å². The zero-order valence-corrected chi connectivity index (χ0v) is 13.6. The summed E-state index contributed by atoms with van der Waals surface area (Å²) in [6.45, 7) is 0. The second-order valence-electron chi connectivity index (χ2n) is 4.41. The zero-order chi connectivity index (χ0) is 16.8. The van der Waals surface area contributed by atoms with Crippen molar-refractivity contribution in [2.75, 3.05) is 7.11 Å². The van der Waals surface area contributed by atoms with Gasteiger partial charge in [0.05, 0.1) is 12.1 Å². The van der Waals surface area contributed by atoms with Crippen molar-refractivity contribution in [3.63, 3.8) is 0 Å². The second kappa shape index (κ2) is 7.68. The molecule has 2 aromatic carbocycles. The van der Waals surface area contributed by atoms with Gasteiger partial charge in [-0.3, -0.25) is 0 Å². The average Bonchev–Trinajstić information content (AvgIpc) is 2.55. The molecule has 2 rings (SSSR count). The lowest BCUT2D eigenvalue weighted by atomic mass is 10.1. The van der Waals surface area contributed by atoms with Crippen LogP contribution in [0.25, 0.3) is 6.08 Å². The minimum atomic E-state index is -0.695. The molecule has 0 spiro atoms. The number of hydrogen-bond donors (Lipinski definition) is 0. The summed E-state index contributed by atoms with van der Waals surface area (Å²) in [5.74, 6) is 0.260. The molecular formula is C17H11Cl2NO3. The topological polar surface area (TPSA) is 59.3 Å². The molecule has 0 aromatic heterocycles. The fraction of sp³-hybridized carbons (Fsp3) is 0.0588. The third kappa shape index (κ3) is 4.49. The molecule has 0 aliphatic heterocycles. The van der Waals surface area contributed by atoms with Gasteiger partial charge in [0.15, 0.2) is 0 Å². The fourth-order valence-corrected chi connectivity index (χ4v) is 2.21. The summed E-state index contributed by atoms with van der Waals surface area (Å²) in [6.07, 6.45) is 1.42. The maximum atomic E-state index is 11.4. The molecule has 0 aliphatic rings. The molecule has 0 bridgehead atoms. The molecule has 0 fully saturated rings. The number of nitriles is 1. The number of benzene rings is 2. The van der Waals surface area contributed by atoms with E-state index in [4.69, 9.17) is 33.2 Å². The molecule has 4 nitrogen and oxygen atoms in total. The van der Waals surface area contributed by atoms with Crippen molar-refractivity contribution < 1.29 is 14.3 Å². The van der Waals surface area contributed by atoms with Gasteiger partial charge in [-0.1, -0.05) is 35.3 Å². The Morgan fingerprint density at radius 3 is 2.65 bits per heavy atom. The van der Waals surface area contributed by atoms with Gasteiger partial charge in [0.25, 0.3) is 0 Å². The number of ether oxygens (including phenoxy) is 2. The highest BCUT2D eigenvalue weighted by Crippen LogP contribution is 2.32. The van der Waals surface area contributed by atoms with Gasteiger partial charge in [0, 0.05) is 5.02 Å². The van der Waals surface area contributed by atoms with E-state index in [-0.39, 0.29) is 5.57 Å². The van der Waals surface area contributed by atoms with Crippen molar-refractivity contribution in [2.45, 2.75) is 0 Å². The zero-order valence-electron chi connectivity index (χ0n) is 12.0. The number of rotatable bonds is 4. The highest BCUT2D eigenvalue weighted by atomic mass is 35.5. The lowest BCUT2D eigenvalue weighted by Gasteiger charge is -2.08. The Morgan fingerprint density at radius 1 is 1.22 bits per heavy atom. The van der Waals surface area contributed by atoms with Crippen LogP contribution in [0.4, 0.5) is 0 Å². The lowest BCUT2D eigenvalue weighted by Crippen LogP contribution is -2.02. The Bertz CT molecular complexity index is 810. The van der Waals surface area contributed by atoms with E-state index in [2.05, 4.69) is 4.74 Å². The number of methoxy groups -OCH3 is 1. The molecule has 6 heteroatoms. The first-order valence-electron chi connectivity index (χ1n) is 6.46. The average molecular weight is 348 g/mol. The second-order valence-corrected chi connectivity index (χ2v) is 5.25. The Hall–Kier alpha value is -2.48. The summed E-state index contributed by atoms with van der Waals surface area (Å²) in [7, 11) is 1.22. The predicted octanol–water partition coefficient (Wildman–Crippen LogP) is 4.87. The van der Waals surface area contributed by atoms with Crippen LogP contribution in [0.5, 0.6) is 11.5 Å². The van der Waals surface area contributed by atoms with Crippen LogP contribution < -0.4 is 4.74 Å². The van der Waals surface area contributed by atoms with Crippen molar-refractivity contribution >= 4 is 35.2 Å². The molecule has 0 amide bonds. The van der Waals surface area contributed by atoms with Crippen LogP contribution in [-0.2, 0) is 9.53 Å². The maximum absolute atomic E-state index is 11.4. The predicted molar refractivity (Wildman–Crippen MR) is 88.6 cm³/mol. The number of esters is 1. The normalized spacial score (nSPS) is 10.8. The highest BCUT2D eigenvalue weighted by molar-refractivity contribution is 6.35. The molecule has 0 N–H and O–H groups in total. The Morgan fingerprint density at radius 2 is 2.00 bits per heavy atom. The first kappa shape index (κ1) is 16.9. The molecule has 0 aliphatic carbocycles. The molecule has 0 radical (unpaired) electrons. The van der Waals surface area contributed by atoms with Gasteiger partial charge in [0.2, 0.25) is 0 Å². The van der Waals surface area contributed by atoms with E-state index in [0.717, 1.165) is 0 Å². The summed E-state index contributed by atoms with van der Waals surface area (Å²) in [6, 6.07) is 13.6. The first-order chi connectivity index (χ1) is 11.0. The number of nitrogens with zero attached hydrogens (tertiary/aromatic N) is 1. The minimum Gasteiger partial charge on any atom is -0.465 e. The third-order valence-electron chi connectivity index (χ3n) is 2.82. The van der Waals surface area contributed by atoms with E-state index < -0.39 is 5.97 Å².